The maximum Gasteiger partial charge on any atom is 0.244 e. The number of rotatable bonds is 2. The van der Waals surface area contributed by atoms with Crippen molar-refractivity contribution >= 4 is 10.0 Å². The van der Waals surface area contributed by atoms with Crippen LogP contribution in [0.15, 0.2) is 53.4 Å². The molecule has 0 atom stereocenters. The third-order valence-electron chi connectivity index (χ3n) is 3.21. The molecule has 0 saturated carbocycles. The van der Waals surface area contributed by atoms with E-state index in [1.807, 2.05) is 30.3 Å². The summed E-state index contributed by atoms with van der Waals surface area (Å²) in [5, 5.41) is 9.43. The number of phenolic OH excluding ortho intramolecular Hbond substituents is 1. The summed E-state index contributed by atoms with van der Waals surface area (Å²) in [4.78, 5) is 0.293. The van der Waals surface area contributed by atoms with Crippen LogP contribution in [-0.2, 0) is 23.1 Å². The average Bonchev–Trinajstić information content (AvgIpc) is 2.62. The molecule has 0 fully saturated rings. The lowest BCUT2D eigenvalue weighted by Crippen LogP contribution is -2.23. The van der Waals surface area contributed by atoms with Gasteiger partial charge in [-0.1, -0.05) is 30.3 Å². The minimum Gasteiger partial charge on any atom is -0.508 e. The van der Waals surface area contributed by atoms with E-state index in [4.69, 9.17) is 0 Å². The van der Waals surface area contributed by atoms with Crippen molar-refractivity contribution in [2.24, 2.45) is 0 Å². The van der Waals surface area contributed by atoms with Crippen molar-refractivity contribution in [1.29, 1.82) is 0 Å². The molecule has 0 aromatic heterocycles. The Kier molecular flexibility index (Phi) is 2.80. The van der Waals surface area contributed by atoms with E-state index in [2.05, 4.69) is 0 Å². The lowest BCUT2D eigenvalue weighted by molar-refractivity contribution is 0.418. The summed E-state index contributed by atoms with van der Waals surface area (Å²) in [5.74, 6) is 0.0931. The summed E-state index contributed by atoms with van der Waals surface area (Å²) in [6, 6.07) is 13.8. The molecule has 0 radical (unpaired) electrons. The minimum atomic E-state index is -3.44. The fourth-order valence-electron chi connectivity index (χ4n) is 2.28. The molecule has 5 heteroatoms. The van der Waals surface area contributed by atoms with Gasteiger partial charge < -0.3 is 5.11 Å². The van der Waals surface area contributed by atoms with Gasteiger partial charge in [0.05, 0.1) is 4.90 Å². The highest BCUT2D eigenvalue weighted by Crippen LogP contribution is 2.33. The molecule has 2 aromatic carbocycles. The number of benzene rings is 2. The maximum absolute atomic E-state index is 12.3. The van der Waals surface area contributed by atoms with Gasteiger partial charge in [0.25, 0.3) is 0 Å². The highest BCUT2D eigenvalue weighted by molar-refractivity contribution is 7.89. The summed E-state index contributed by atoms with van der Waals surface area (Å²) in [5.41, 5.74) is 1.60. The lowest BCUT2D eigenvalue weighted by Gasteiger charge is -2.14. The molecule has 3 rings (SSSR count). The van der Waals surface area contributed by atoms with Gasteiger partial charge in [-0.2, -0.15) is 4.31 Å². The Hall–Kier alpha value is -1.85. The fraction of sp³-hybridized carbons (Fsp3) is 0.143. The van der Waals surface area contributed by atoms with E-state index in [1.54, 1.807) is 0 Å². The number of aromatic hydroxyl groups is 1. The number of sulfonamides is 1. The van der Waals surface area contributed by atoms with Crippen LogP contribution in [0.1, 0.15) is 11.1 Å². The zero-order chi connectivity index (χ0) is 13.5. The molecule has 0 spiro atoms. The van der Waals surface area contributed by atoms with Gasteiger partial charge in [0.2, 0.25) is 10.0 Å². The quantitative estimate of drug-likeness (QED) is 0.913. The lowest BCUT2D eigenvalue weighted by atomic mass is 10.2. The summed E-state index contributed by atoms with van der Waals surface area (Å²) in [7, 11) is -3.44. The first kappa shape index (κ1) is 12.2. The molecule has 0 unspecified atom stereocenters. The monoisotopic (exact) mass is 275 g/mol. The fourth-order valence-corrected chi connectivity index (χ4v) is 3.88. The van der Waals surface area contributed by atoms with Gasteiger partial charge in [-0.3, -0.25) is 0 Å². The molecular formula is C14H13NO3S. The summed E-state index contributed by atoms with van der Waals surface area (Å²) >= 11 is 0. The Morgan fingerprint density at radius 2 is 1.84 bits per heavy atom. The van der Waals surface area contributed by atoms with Gasteiger partial charge in [0.1, 0.15) is 5.75 Å². The molecule has 0 bridgehead atoms. The van der Waals surface area contributed by atoms with Crippen LogP contribution in [0.4, 0.5) is 0 Å². The van der Waals surface area contributed by atoms with Crippen LogP contribution in [-0.4, -0.2) is 17.8 Å². The largest absolute Gasteiger partial charge is 0.508 e. The molecule has 4 nitrogen and oxygen atoms in total. The maximum atomic E-state index is 12.3. The van der Waals surface area contributed by atoms with Crippen molar-refractivity contribution in [2.45, 2.75) is 18.0 Å². The van der Waals surface area contributed by atoms with Crippen molar-refractivity contribution in [3.05, 3.63) is 59.7 Å². The zero-order valence-electron chi connectivity index (χ0n) is 10.2. The first-order valence-corrected chi connectivity index (χ1v) is 7.37. The van der Waals surface area contributed by atoms with Crippen LogP contribution in [0.25, 0.3) is 0 Å². The van der Waals surface area contributed by atoms with Gasteiger partial charge >= 0.3 is 0 Å². The van der Waals surface area contributed by atoms with Crippen LogP contribution in [0, 0.1) is 0 Å². The Labute approximate surface area is 112 Å². The van der Waals surface area contributed by atoms with Gasteiger partial charge in [-0.25, -0.2) is 8.42 Å². The van der Waals surface area contributed by atoms with Crippen molar-refractivity contribution in [3.8, 4) is 5.75 Å². The minimum absolute atomic E-state index is 0.0931. The van der Waals surface area contributed by atoms with Crippen molar-refractivity contribution in [3.63, 3.8) is 0 Å². The molecule has 1 aliphatic heterocycles. The SMILES string of the molecule is O=S1(=O)c2ccc(O)cc2CN1Cc1ccccc1. The molecule has 0 saturated heterocycles. The van der Waals surface area contributed by atoms with E-state index in [0.717, 1.165) is 5.56 Å². The van der Waals surface area contributed by atoms with E-state index in [-0.39, 0.29) is 5.75 Å². The number of phenols is 1. The van der Waals surface area contributed by atoms with Gasteiger partial charge in [-0.05, 0) is 29.3 Å². The van der Waals surface area contributed by atoms with Crippen molar-refractivity contribution in [1.82, 2.24) is 4.31 Å². The summed E-state index contributed by atoms with van der Waals surface area (Å²) in [6.07, 6.45) is 0. The predicted octanol–water partition coefficient (Wildman–Crippen LogP) is 2.10. The standard InChI is InChI=1S/C14H13NO3S/c16-13-6-7-14-12(8-13)10-15(19(14,17)18)9-11-4-2-1-3-5-11/h1-8,16H,9-10H2. The number of fused-ring (bicyclic) bond motifs is 1. The summed E-state index contributed by atoms with van der Waals surface area (Å²) < 4.78 is 26.1. The van der Waals surface area contributed by atoms with E-state index in [9.17, 15) is 13.5 Å². The van der Waals surface area contributed by atoms with Crippen LogP contribution in [0.5, 0.6) is 5.75 Å². The summed E-state index contributed by atoms with van der Waals surface area (Å²) in [6.45, 7) is 0.652. The van der Waals surface area contributed by atoms with Crippen molar-refractivity contribution < 1.29 is 13.5 Å². The molecule has 1 heterocycles. The third kappa shape index (κ3) is 2.11. The van der Waals surface area contributed by atoms with E-state index in [1.165, 1.54) is 22.5 Å². The molecule has 98 valence electrons. The molecule has 0 aliphatic carbocycles. The highest BCUT2D eigenvalue weighted by Gasteiger charge is 2.34. The Morgan fingerprint density at radius 1 is 1.11 bits per heavy atom. The van der Waals surface area contributed by atoms with E-state index >= 15 is 0 Å². The highest BCUT2D eigenvalue weighted by atomic mass is 32.2. The van der Waals surface area contributed by atoms with Crippen LogP contribution in [0.2, 0.25) is 0 Å². The molecule has 1 N–H and O–H groups in total. The zero-order valence-corrected chi connectivity index (χ0v) is 11.0. The topological polar surface area (TPSA) is 57.6 Å². The number of hydrogen-bond donors (Lipinski definition) is 1. The first-order chi connectivity index (χ1) is 9.07. The average molecular weight is 275 g/mol. The second-order valence-corrected chi connectivity index (χ2v) is 6.46. The molecule has 0 amide bonds. The molecule has 1 aliphatic rings. The molecular weight excluding hydrogens is 262 g/mol. The Bertz CT molecular complexity index is 711. The van der Waals surface area contributed by atoms with Crippen LogP contribution in [0.3, 0.4) is 0 Å². The van der Waals surface area contributed by atoms with Gasteiger partial charge in [-0.15, -0.1) is 0 Å². The second kappa shape index (κ2) is 4.36. The smallest absolute Gasteiger partial charge is 0.244 e. The van der Waals surface area contributed by atoms with Gasteiger partial charge in [0.15, 0.2) is 0 Å². The number of nitrogens with zero attached hydrogens (tertiary/aromatic N) is 1. The van der Waals surface area contributed by atoms with E-state index < -0.39 is 10.0 Å². The van der Waals surface area contributed by atoms with Crippen LogP contribution >= 0.6 is 0 Å². The Balaban J connectivity index is 1.95. The predicted molar refractivity (Wildman–Crippen MR) is 71.0 cm³/mol. The second-order valence-electron chi connectivity index (χ2n) is 4.55. The first-order valence-electron chi connectivity index (χ1n) is 5.93. The third-order valence-corrected chi connectivity index (χ3v) is 5.10. The molecule has 2 aromatic rings. The van der Waals surface area contributed by atoms with Crippen LogP contribution < -0.4 is 0 Å². The van der Waals surface area contributed by atoms with Crippen molar-refractivity contribution in [2.75, 3.05) is 0 Å². The number of hydrogen-bond acceptors (Lipinski definition) is 3. The van der Waals surface area contributed by atoms with E-state index in [0.29, 0.717) is 23.5 Å². The Morgan fingerprint density at radius 3 is 2.58 bits per heavy atom. The molecule has 19 heavy (non-hydrogen) atoms. The van der Waals surface area contributed by atoms with Gasteiger partial charge in [0, 0.05) is 13.1 Å². The normalized spacial score (nSPS) is 17.3.